The minimum Gasteiger partial charge on any atom is -0.506 e. The molecule has 0 atom stereocenters. The summed E-state index contributed by atoms with van der Waals surface area (Å²) in [5, 5.41) is 13.6. The molecule has 2 aromatic carbocycles. The molecule has 1 amide bonds. The lowest BCUT2D eigenvalue weighted by Gasteiger charge is -2.03. The summed E-state index contributed by atoms with van der Waals surface area (Å²) in [6, 6.07) is 8.15. The van der Waals surface area contributed by atoms with E-state index in [1.807, 2.05) is 0 Å². The average molecular weight is 327 g/mol. The van der Waals surface area contributed by atoms with Crippen molar-refractivity contribution in [1.29, 1.82) is 0 Å². The number of amides is 1. The average Bonchev–Trinajstić information content (AvgIpc) is 2.47. The Balaban J connectivity index is 2.09. The number of nitrogens with one attached hydrogen (secondary N) is 1. The van der Waals surface area contributed by atoms with Crippen LogP contribution < -0.4 is 5.43 Å². The predicted octanol–water partition coefficient (Wildman–Crippen LogP) is 3.60. The van der Waals surface area contributed by atoms with E-state index in [1.54, 1.807) is 0 Å². The predicted molar refractivity (Wildman–Crippen MR) is 79.6 cm³/mol. The van der Waals surface area contributed by atoms with E-state index in [2.05, 4.69) is 10.5 Å². The van der Waals surface area contributed by atoms with E-state index in [-0.39, 0.29) is 26.9 Å². The molecule has 0 saturated carbocycles. The Labute approximate surface area is 129 Å². The molecule has 0 aliphatic carbocycles. The number of phenols is 1. The summed E-state index contributed by atoms with van der Waals surface area (Å²) in [4.78, 5) is 11.7. The van der Waals surface area contributed by atoms with Gasteiger partial charge >= 0.3 is 0 Å². The molecule has 0 aliphatic rings. The topological polar surface area (TPSA) is 61.7 Å². The second-order valence-electron chi connectivity index (χ2n) is 4.01. The quantitative estimate of drug-likeness (QED) is 0.668. The smallest absolute Gasteiger partial charge is 0.271 e. The van der Waals surface area contributed by atoms with Crippen LogP contribution in [0, 0.1) is 5.82 Å². The van der Waals surface area contributed by atoms with Gasteiger partial charge in [-0.15, -0.1) is 0 Å². The van der Waals surface area contributed by atoms with Crippen LogP contribution in [0.25, 0.3) is 0 Å². The van der Waals surface area contributed by atoms with E-state index >= 15 is 0 Å². The highest BCUT2D eigenvalue weighted by atomic mass is 35.5. The molecular formula is C14H9Cl2FN2O2. The van der Waals surface area contributed by atoms with Crippen LogP contribution in [-0.2, 0) is 0 Å². The highest BCUT2D eigenvalue weighted by Crippen LogP contribution is 2.33. The molecule has 0 saturated heterocycles. The minimum absolute atomic E-state index is 0.00271. The van der Waals surface area contributed by atoms with Gasteiger partial charge in [-0.1, -0.05) is 29.3 Å². The Bertz CT molecular complexity index is 720. The van der Waals surface area contributed by atoms with Crippen molar-refractivity contribution in [1.82, 2.24) is 5.43 Å². The van der Waals surface area contributed by atoms with Crippen molar-refractivity contribution in [2.24, 2.45) is 5.10 Å². The fourth-order valence-corrected chi connectivity index (χ4v) is 1.84. The number of aromatic hydroxyl groups is 1. The molecule has 0 heterocycles. The summed E-state index contributed by atoms with van der Waals surface area (Å²) in [7, 11) is 0. The molecule has 0 unspecified atom stereocenters. The second-order valence-corrected chi connectivity index (χ2v) is 4.79. The van der Waals surface area contributed by atoms with Gasteiger partial charge < -0.3 is 5.11 Å². The van der Waals surface area contributed by atoms with Crippen LogP contribution in [0.1, 0.15) is 15.9 Å². The summed E-state index contributed by atoms with van der Waals surface area (Å²) in [6.07, 6.45) is 1.20. The third-order valence-corrected chi connectivity index (χ3v) is 3.35. The summed E-state index contributed by atoms with van der Waals surface area (Å²) in [5.41, 5.74) is 2.62. The van der Waals surface area contributed by atoms with E-state index < -0.39 is 11.7 Å². The molecule has 7 heteroatoms. The van der Waals surface area contributed by atoms with Crippen LogP contribution >= 0.6 is 23.2 Å². The molecule has 108 valence electrons. The number of hydrogen-bond acceptors (Lipinski definition) is 3. The van der Waals surface area contributed by atoms with Gasteiger partial charge in [-0.3, -0.25) is 4.79 Å². The number of hydrazone groups is 1. The Kier molecular flexibility index (Phi) is 4.77. The van der Waals surface area contributed by atoms with Gasteiger partial charge in [0, 0.05) is 11.1 Å². The lowest BCUT2D eigenvalue weighted by atomic mass is 10.2. The third kappa shape index (κ3) is 3.71. The normalized spacial score (nSPS) is 10.8. The van der Waals surface area contributed by atoms with Crippen LogP contribution in [-0.4, -0.2) is 17.2 Å². The highest BCUT2D eigenvalue weighted by Gasteiger charge is 2.08. The standard InChI is InChI=1S/C14H9Cl2FN2O2/c15-11-5-4-9(13(20)12(11)16)7-18-19-14(21)8-2-1-3-10(17)6-8/h1-7,20H,(H,19,21). The first-order chi connectivity index (χ1) is 9.99. The van der Waals surface area contributed by atoms with Gasteiger partial charge in [-0.2, -0.15) is 5.10 Å². The van der Waals surface area contributed by atoms with Crippen molar-refractivity contribution >= 4 is 35.3 Å². The lowest BCUT2D eigenvalue weighted by molar-refractivity contribution is 0.0954. The number of phenolic OH excluding ortho intramolecular Hbond substituents is 1. The minimum atomic E-state index is -0.578. The Morgan fingerprint density at radius 2 is 2.05 bits per heavy atom. The van der Waals surface area contributed by atoms with Gasteiger partial charge in [0.2, 0.25) is 0 Å². The summed E-state index contributed by atoms with van der Waals surface area (Å²) < 4.78 is 13.0. The fourth-order valence-electron chi connectivity index (χ4n) is 1.51. The van der Waals surface area contributed by atoms with E-state index in [0.717, 1.165) is 6.07 Å². The molecule has 2 rings (SSSR count). The van der Waals surface area contributed by atoms with Crippen molar-refractivity contribution in [3.05, 3.63) is 63.4 Å². The maximum atomic E-state index is 13.0. The van der Waals surface area contributed by atoms with Crippen molar-refractivity contribution < 1.29 is 14.3 Å². The van der Waals surface area contributed by atoms with Crippen molar-refractivity contribution in [3.63, 3.8) is 0 Å². The fraction of sp³-hybridized carbons (Fsp3) is 0. The van der Waals surface area contributed by atoms with Gasteiger partial charge in [-0.05, 0) is 30.3 Å². The summed E-state index contributed by atoms with van der Waals surface area (Å²) in [6.45, 7) is 0. The van der Waals surface area contributed by atoms with Crippen LogP contribution in [0.2, 0.25) is 10.0 Å². The molecule has 0 radical (unpaired) electrons. The second kappa shape index (κ2) is 6.56. The monoisotopic (exact) mass is 326 g/mol. The zero-order chi connectivity index (χ0) is 15.4. The first-order valence-corrected chi connectivity index (χ1v) is 6.50. The molecule has 0 fully saturated rings. The largest absolute Gasteiger partial charge is 0.506 e. The lowest BCUT2D eigenvalue weighted by Crippen LogP contribution is -2.17. The van der Waals surface area contributed by atoms with E-state index in [9.17, 15) is 14.3 Å². The zero-order valence-electron chi connectivity index (χ0n) is 10.5. The van der Waals surface area contributed by atoms with E-state index in [0.29, 0.717) is 0 Å². The van der Waals surface area contributed by atoms with Crippen LogP contribution in [0.5, 0.6) is 5.75 Å². The molecule has 21 heavy (non-hydrogen) atoms. The van der Waals surface area contributed by atoms with Gasteiger partial charge in [0.05, 0.1) is 11.2 Å². The maximum absolute atomic E-state index is 13.0. The molecular weight excluding hydrogens is 318 g/mol. The number of carbonyl (C=O) groups is 1. The Morgan fingerprint density at radius 1 is 1.29 bits per heavy atom. The molecule has 2 aromatic rings. The number of rotatable bonds is 3. The molecule has 0 spiro atoms. The van der Waals surface area contributed by atoms with Gasteiger partial charge in [-0.25, -0.2) is 9.82 Å². The molecule has 2 N–H and O–H groups in total. The molecule has 0 aliphatic heterocycles. The van der Waals surface area contributed by atoms with Crippen LogP contribution in [0.4, 0.5) is 4.39 Å². The van der Waals surface area contributed by atoms with Crippen molar-refractivity contribution in [2.45, 2.75) is 0 Å². The summed E-state index contributed by atoms with van der Waals surface area (Å²) in [5.74, 6) is -1.34. The van der Waals surface area contributed by atoms with E-state index in [4.69, 9.17) is 23.2 Å². The van der Waals surface area contributed by atoms with Crippen LogP contribution in [0.15, 0.2) is 41.5 Å². The summed E-state index contributed by atoms with van der Waals surface area (Å²) >= 11 is 11.5. The number of hydrogen-bond donors (Lipinski definition) is 2. The van der Waals surface area contributed by atoms with E-state index in [1.165, 1.54) is 36.5 Å². The van der Waals surface area contributed by atoms with Crippen molar-refractivity contribution in [2.75, 3.05) is 0 Å². The van der Waals surface area contributed by atoms with Crippen LogP contribution in [0.3, 0.4) is 0 Å². The molecule has 0 bridgehead atoms. The number of carbonyl (C=O) groups excluding carboxylic acids is 1. The first-order valence-electron chi connectivity index (χ1n) is 5.75. The number of halogens is 3. The van der Waals surface area contributed by atoms with Gasteiger partial charge in [0.25, 0.3) is 5.91 Å². The Hall–Kier alpha value is -2.11. The SMILES string of the molecule is O=C(NN=Cc1ccc(Cl)c(Cl)c1O)c1cccc(F)c1. The third-order valence-electron chi connectivity index (χ3n) is 2.56. The highest BCUT2D eigenvalue weighted by molar-refractivity contribution is 6.43. The molecule has 4 nitrogen and oxygen atoms in total. The van der Waals surface area contributed by atoms with Gasteiger partial charge in [0.1, 0.15) is 16.6 Å². The van der Waals surface area contributed by atoms with Crippen molar-refractivity contribution in [3.8, 4) is 5.75 Å². The Morgan fingerprint density at radius 3 is 2.76 bits per heavy atom. The first kappa shape index (κ1) is 15.3. The number of nitrogens with zero attached hydrogens (tertiary/aromatic N) is 1. The number of benzene rings is 2. The van der Waals surface area contributed by atoms with Gasteiger partial charge in [0.15, 0.2) is 0 Å². The maximum Gasteiger partial charge on any atom is 0.271 e. The molecule has 0 aromatic heterocycles. The zero-order valence-corrected chi connectivity index (χ0v) is 12.0.